The normalized spacial score (nSPS) is 12.0. The van der Waals surface area contributed by atoms with Gasteiger partial charge in [-0.3, -0.25) is 0 Å². The summed E-state index contributed by atoms with van der Waals surface area (Å²) in [5.41, 5.74) is 6.47. The molecule has 1 atom stereocenters. The van der Waals surface area contributed by atoms with Gasteiger partial charge in [-0.25, -0.2) is 0 Å². The Bertz CT molecular complexity index is 255. The van der Waals surface area contributed by atoms with Crippen LogP contribution in [0.15, 0.2) is 18.2 Å². The molecule has 0 aliphatic rings. The maximum absolute atomic E-state index is 5.96. The standard InChI is InChI=1S/C9H11Cl2N.ClH/c1-6(5-12)9-7(10)3-2-4-8(9)11;/h2-4,6H,5,12H2,1H3;1H. The monoisotopic (exact) mass is 239 g/mol. The number of nitrogens with two attached hydrogens (primary N) is 1. The van der Waals surface area contributed by atoms with E-state index in [0.29, 0.717) is 16.6 Å². The maximum Gasteiger partial charge on any atom is 0.0456 e. The Morgan fingerprint density at radius 3 is 2.15 bits per heavy atom. The first-order chi connectivity index (χ1) is 5.66. The van der Waals surface area contributed by atoms with Gasteiger partial charge < -0.3 is 5.73 Å². The summed E-state index contributed by atoms with van der Waals surface area (Å²) in [5.74, 6) is 0.214. The zero-order valence-corrected chi connectivity index (χ0v) is 9.59. The van der Waals surface area contributed by atoms with Crippen LogP contribution in [0.2, 0.25) is 10.0 Å². The third-order valence-electron chi connectivity index (χ3n) is 1.85. The number of hydrogen-bond donors (Lipinski definition) is 1. The number of benzene rings is 1. The van der Waals surface area contributed by atoms with Crippen molar-refractivity contribution < 1.29 is 0 Å². The third kappa shape index (κ3) is 3.03. The van der Waals surface area contributed by atoms with Gasteiger partial charge in [0.25, 0.3) is 0 Å². The first kappa shape index (κ1) is 13.1. The van der Waals surface area contributed by atoms with E-state index in [2.05, 4.69) is 0 Å². The number of rotatable bonds is 2. The van der Waals surface area contributed by atoms with Crippen molar-refractivity contribution in [2.75, 3.05) is 6.54 Å². The van der Waals surface area contributed by atoms with Crippen LogP contribution in [-0.2, 0) is 0 Å². The van der Waals surface area contributed by atoms with Crippen LogP contribution in [0.5, 0.6) is 0 Å². The molecule has 0 fully saturated rings. The summed E-state index contributed by atoms with van der Waals surface area (Å²) in [6, 6.07) is 5.49. The summed E-state index contributed by atoms with van der Waals surface area (Å²) in [4.78, 5) is 0. The molecule has 0 radical (unpaired) electrons. The van der Waals surface area contributed by atoms with Crippen molar-refractivity contribution >= 4 is 35.6 Å². The van der Waals surface area contributed by atoms with Crippen LogP contribution in [0.3, 0.4) is 0 Å². The molecule has 0 bridgehead atoms. The van der Waals surface area contributed by atoms with Gasteiger partial charge in [-0.15, -0.1) is 12.4 Å². The second kappa shape index (κ2) is 5.71. The Morgan fingerprint density at radius 1 is 1.31 bits per heavy atom. The highest BCUT2D eigenvalue weighted by Gasteiger charge is 2.11. The molecule has 2 N–H and O–H groups in total. The van der Waals surface area contributed by atoms with Gasteiger partial charge in [-0.1, -0.05) is 36.2 Å². The lowest BCUT2D eigenvalue weighted by molar-refractivity contribution is 0.774. The largest absolute Gasteiger partial charge is 0.330 e. The van der Waals surface area contributed by atoms with E-state index in [1.54, 1.807) is 0 Å². The molecular formula is C9H12Cl3N. The number of hydrogen-bond acceptors (Lipinski definition) is 1. The van der Waals surface area contributed by atoms with Gasteiger partial charge in [-0.05, 0) is 30.2 Å². The van der Waals surface area contributed by atoms with Gasteiger partial charge in [0, 0.05) is 10.0 Å². The molecule has 1 aromatic rings. The van der Waals surface area contributed by atoms with Gasteiger partial charge in [-0.2, -0.15) is 0 Å². The van der Waals surface area contributed by atoms with Crippen molar-refractivity contribution in [2.24, 2.45) is 5.73 Å². The first-order valence-electron chi connectivity index (χ1n) is 3.80. The SMILES string of the molecule is CC(CN)c1c(Cl)cccc1Cl.Cl. The van der Waals surface area contributed by atoms with Crippen molar-refractivity contribution in [1.82, 2.24) is 0 Å². The van der Waals surface area contributed by atoms with E-state index in [1.807, 2.05) is 25.1 Å². The van der Waals surface area contributed by atoms with Crippen LogP contribution in [0.4, 0.5) is 0 Å². The Kier molecular flexibility index (Phi) is 5.73. The topological polar surface area (TPSA) is 26.0 Å². The summed E-state index contributed by atoms with van der Waals surface area (Å²) in [7, 11) is 0. The van der Waals surface area contributed by atoms with Gasteiger partial charge >= 0.3 is 0 Å². The summed E-state index contributed by atoms with van der Waals surface area (Å²) < 4.78 is 0. The minimum atomic E-state index is 0. The van der Waals surface area contributed by atoms with Crippen LogP contribution in [-0.4, -0.2) is 6.54 Å². The summed E-state index contributed by atoms with van der Waals surface area (Å²) in [5, 5.41) is 1.39. The van der Waals surface area contributed by atoms with E-state index in [-0.39, 0.29) is 18.3 Å². The molecule has 0 spiro atoms. The lowest BCUT2D eigenvalue weighted by atomic mass is 10.0. The van der Waals surface area contributed by atoms with E-state index in [4.69, 9.17) is 28.9 Å². The van der Waals surface area contributed by atoms with Crippen molar-refractivity contribution in [3.8, 4) is 0 Å². The second-order valence-corrected chi connectivity index (χ2v) is 3.59. The van der Waals surface area contributed by atoms with E-state index < -0.39 is 0 Å². The molecule has 1 unspecified atom stereocenters. The fourth-order valence-electron chi connectivity index (χ4n) is 1.10. The average Bonchev–Trinajstić information content (AvgIpc) is 2.03. The van der Waals surface area contributed by atoms with Crippen molar-refractivity contribution in [3.63, 3.8) is 0 Å². The Labute approximate surface area is 94.6 Å². The van der Waals surface area contributed by atoms with E-state index in [1.165, 1.54) is 0 Å². The lowest BCUT2D eigenvalue weighted by Gasteiger charge is -2.12. The predicted octanol–water partition coefficient (Wildman–Crippen LogP) is 3.48. The minimum Gasteiger partial charge on any atom is -0.330 e. The molecule has 13 heavy (non-hydrogen) atoms. The van der Waals surface area contributed by atoms with E-state index >= 15 is 0 Å². The molecule has 0 saturated carbocycles. The van der Waals surface area contributed by atoms with Crippen molar-refractivity contribution in [1.29, 1.82) is 0 Å². The zero-order chi connectivity index (χ0) is 9.14. The molecule has 0 heterocycles. The van der Waals surface area contributed by atoms with E-state index in [0.717, 1.165) is 5.56 Å². The van der Waals surface area contributed by atoms with Crippen molar-refractivity contribution in [2.45, 2.75) is 12.8 Å². The molecule has 74 valence electrons. The third-order valence-corrected chi connectivity index (χ3v) is 2.51. The molecule has 0 aliphatic carbocycles. The fourth-order valence-corrected chi connectivity index (χ4v) is 1.87. The summed E-state index contributed by atoms with van der Waals surface area (Å²) >= 11 is 11.9. The highest BCUT2D eigenvalue weighted by Crippen LogP contribution is 2.30. The Hall–Kier alpha value is 0.0500. The molecule has 0 aliphatic heterocycles. The molecule has 4 heteroatoms. The van der Waals surface area contributed by atoms with Crippen LogP contribution in [0.1, 0.15) is 18.4 Å². The molecule has 0 amide bonds. The van der Waals surface area contributed by atoms with Gasteiger partial charge in [0.05, 0.1) is 0 Å². The maximum atomic E-state index is 5.96. The first-order valence-corrected chi connectivity index (χ1v) is 4.56. The summed E-state index contributed by atoms with van der Waals surface area (Å²) in [6.45, 7) is 2.57. The van der Waals surface area contributed by atoms with Gasteiger partial charge in [0.1, 0.15) is 0 Å². The van der Waals surface area contributed by atoms with Crippen LogP contribution in [0, 0.1) is 0 Å². The highest BCUT2D eigenvalue weighted by atomic mass is 35.5. The molecule has 0 saturated heterocycles. The highest BCUT2D eigenvalue weighted by molar-refractivity contribution is 6.36. The zero-order valence-electron chi connectivity index (χ0n) is 7.26. The average molecular weight is 241 g/mol. The quantitative estimate of drug-likeness (QED) is 0.841. The van der Waals surface area contributed by atoms with Crippen LogP contribution >= 0.6 is 35.6 Å². The Balaban J connectivity index is 0.00000144. The molecule has 1 aromatic carbocycles. The predicted molar refractivity (Wildman–Crippen MR) is 61.2 cm³/mol. The molecular weight excluding hydrogens is 228 g/mol. The fraction of sp³-hybridized carbons (Fsp3) is 0.333. The van der Waals surface area contributed by atoms with Crippen LogP contribution < -0.4 is 5.73 Å². The van der Waals surface area contributed by atoms with Crippen LogP contribution in [0.25, 0.3) is 0 Å². The van der Waals surface area contributed by atoms with Crippen molar-refractivity contribution in [3.05, 3.63) is 33.8 Å². The second-order valence-electron chi connectivity index (χ2n) is 2.77. The van der Waals surface area contributed by atoms with E-state index in [9.17, 15) is 0 Å². The molecule has 1 rings (SSSR count). The minimum absolute atomic E-state index is 0. The van der Waals surface area contributed by atoms with Gasteiger partial charge in [0.2, 0.25) is 0 Å². The van der Waals surface area contributed by atoms with Gasteiger partial charge in [0.15, 0.2) is 0 Å². The summed E-state index contributed by atoms with van der Waals surface area (Å²) in [6.07, 6.45) is 0. The molecule has 0 aromatic heterocycles. The Morgan fingerprint density at radius 2 is 1.77 bits per heavy atom. The number of halogens is 3. The lowest BCUT2D eigenvalue weighted by Crippen LogP contribution is -2.09. The molecule has 1 nitrogen and oxygen atoms in total. The smallest absolute Gasteiger partial charge is 0.0456 e.